The van der Waals surface area contributed by atoms with Gasteiger partial charge in [0.2, 0.25) is 0 Å². The van der Waals surface area contributed by atoms with Gasteiger partial charge in [0.15, 0.2) is 0 Å². The fourth-order valence-corrected chi connectivity index (χ4v) is 3.19. The third kappa shape index (κ3) is 5.43. The van der Waals surface area contributed by atoms with Crippen molar-refractivity contribution >= 4 is 23.7 Å². The average Bonchev–Trinajstić information content (AvgIpc) is 3.24. The van der Waals surface area contributed by atoms with Crippen molar-refractivity contribution in [2.75, 3.05) is 32.7 Å². The molecule has 2 aromatic rings. The van der Waals surface area contributed by atoms with Gasteiger partial charge in [-0.05, 0) is 24.4 Å². The van der Waals surface area contributed by atoms with Gasteiger partial charge in [-0.2, -0.15) is 11.3 Å². The number of aromatic nitrogens is 3. The third-order valence-electron chi connectivity index (χ3n) is 3.78. The first kappa shape index (κ1) is 18.1. The molecule has 8 nitrogen and oxygen atoms in total. The van der Waals surface area contributed by atoms with Crippen molar-refractivity contribution in [2.24, 2.45) is 0 Å². The summed E-state index contributed by atoms with van der Waals surface area (Å²) in [7, 11) is 0. The summed E-state index contributed by atoms with van der Waals surface area (Å²) in [6, 6.07) is 1.90. The standard InChI is InChI=1S/C14H19N5OS.CH2O2/c20-14(13-2-9-21-10-13)19-4-1-3-17(7-8-19)5-6-18-11-15-16-12-18;2-1-3/h2,9-12H,1,3-8H2;1H,(H,2,3). The van der Waals surface area contributed by atoms with E-state index in [4.69, 9.17) is 9.90 Å². The molecule has 1 fully saturated rings. The van der Waals surface area contributed by atoms with Crippen molar-refractivity contribution in [1.29, 1.82) is 0 Å². The fourth-order valence-electron chi connectivity index (χ4n) is 2.56. The Bertz CT molecular complexity index is 603. The summed E-state index contributed by atoms with van der Waals surface area (Å²) >= 11 is 1.57. The van der Waals surface area contributed by atoms with Gasteiger partial charge < -0.3 is 14.6 Å². The van der Waals surface area contributed by atoms with E-state index in [2.05, 4.69) is 15.1 Å². The zero-order chi connectivity index (χ0) is 17.2. The van der Waals surface area contributed by atoms with Gasteiger partial charge >= 0.3 is 0 Å². The van der Waals surface area contributed by atoms with Crippen LogP contribution in [-0.2, 0) is 11.3 Å². The van der Waals surface area contributed by atoms with Crippen LogP contribution >= 0.6 is 11.3 Å². The number of hydrogen-bond donors (Lipinski definition) is 1. The largest absolute Gasteiger partial charge is 0.483 e. The van der Waals surface area contributed by atoms with E-state index >= 15 is 0 Å². The summed E-state index contributed by atoms with van der Waals surface area (Å²) < 4.78 is 1.99. The molecule has 2 aromatic heterocycles. The zero-order valence-corrected chi connectivity index (χ0v) is 14.1. The number of carbonyl (C=O) groups excluding carboxylic acids is 1. The first-order valence-corrected chi connectivity index (χ1v) is 8.63. The second-order valence-corrected chi connectivity index (χ2v) is 6.08. The lowest BCUT2D eigenvalue weighted by Crippen LogP contribution is -2.35. The first-order chi connectivity index (χ1) is 11.7. The highest BCUT2D eigenvalue weighted by Crippen LogP contribution is 2.12. The second kappa shape index (κ2) is 9.78. The van der Waals surface area contributed by atoms with Crippen LogP contribution in [-0.4, -0.2) is 74.8 Å². The molecule has 1 saturated heterocycles. The maximum atomic E-state index is 12.4. The van der Waals surface area contributed by atoms with Gasteiger partial charge in [-0.25, -0.2) is 0 Å². The number of amides is 1. The van der Waals surface area contributed by atoms with Crippen LogP contribution in [0.25, 0.3) is 0 Å². The van der Waals surface area contributed by atoms with Crippen LogP contribution in [0.15, 0.2) is 29.5 Å². The predicted molar refractivity (Wildman–Crippen MR) is 90.0 cm³/mol. The topological polar surface area (TPSA) is 91.6 Å². The highest BCUT2D eigenvalue weighted by atomic mass is 32.1. The summed E-state index contributed by atoms with van der Waals surface area (Å²) in [5, 5.41) is 18.4. The third-order valence-corrected chi connectivity index (χ3v) is 4.47. The van der Waals surface area contributed by atoms with E-state index in [9.17, 15) is 4.79 Å². The number of carboxylic acid groups (broad SMARTS) is 1. The van der Waals surface area contributed by atoms with E-state index in [0.717, 1.165) is 51.3 Å². The number of thiophene rings is 1. The Morgan fingerprint density at radius 1 is 1.21 bits per heavy atom. The van der Waals surface area contributed by atoms with E-state index in [1.54, 1.807) is 24.0 Å². The number of carbonyl (C=O) groups is 2. The van der Waals surface area contributed by atoms with Crippen LogP contribution in [0, 0.1) is 0 Å². The monoisotopic (exact) mass is 351 g/mol. The molecule has 0 radical (unpaired) electrons. The molecule has 1 N–H and O–H groups in total. The minimum Gasteiger partial charge on any atom is -0.483 e. The Morgan fingerprint density at radius 2 is 1.96 bits per heavy atom. The van der Waals surface area contributed by atoms with E-state index in [0.29, 0.717) is 0 Å². The Labute approximate surface area is 144 Å². The number of nitrogens with zero attached hydrogens (tertiary/aromatic N) is 5. The summed E-state index contributed by atoms with van der Waals surface area (Å²) in [6.07, 6.45) is 4.51. The normalized spacial score (nSPS) is 15.2. The van der Waals surface area contributed by atoms with E-state index in [-0.39, 0.29) is 12.4 Å². The minimum absolute atomic E-state index is 0.164. The molecular formula is C15H21N5O3S. The van der Waals surface area contributed by atoms with Gasteiger partial charge in [0.05, 0.1) is 5.56 Å². The number of hydrogen-bond acceptors (Lipinski definition) is 6. The quantitative estimate of drug-likeness (QED) is 0.823. The molecule has 1 aliphatic heterocycles. The molecular weight excluding hydrogens is 330 g/mol. The molecule has 130 valence electrons. The van der Waals surface area contributed by atoms with Crippen molar-refractivity contribution < 1.29 is 14.7 Å². The SMILES string of the molecule is O=C(c1ccsc1)N1CCCN(CCn2cnnc2)CC1.O=CO. The van der Waals surface area contributed by atoms with Crippen molar-refractivity contribution in [2.45, 2.75) is 13.0 Å². The molecule has 0 bridgehead atoms. The van der Waals surface area contributed by atoms with Crippen molar-refractivity contribution in [3.63, 3.8) is 0 Å². The van der Waals surface area contributed by atoms with Crippen LogP contribution in [0.3, 0.4) is 0 Å². The molecule has 1 amide bonds. The van der Waals surface area contributed by atoms with Crippen LogP contribution < -0.4 is 0 Å². The maximum absolute atomic E-state index is 12.4. The van der Waals surface area contributed by atoms with Crippen LogP contribution in [0.2, 0.25) is 0 Å². The van der Waals surface area contributed by atoms with E-state index in [1.807, 2.05) is 26.3 Å². The average molecular weight is 351 g/mol. The smallest absolute Gasteiger partial charge is 0.290 e. The lowest BCUT2D eigenvalue weighted by Gasteiger charge is -2.21. The molecule has 0 spiro atoms. The molecule has 0 atom stereocenters. The predicted octanol–water partition coefficient (Wildman–Crippen LogP) is 0.889. The second-order valence-electron chi connectivity index (χ2n) is 5.30. The summed E-state index contributed by atoms with van der Waals surface area (Å²) in [4.78, 5) is 25.1. The summed E-state index contributed by atoms with van der Waals surface area (Å²) in [6.45, 7) is 5.23. The Kier molecular flexibility index (Phi) is 7.37. The molecule has 0 saturated carbocycles. The summed E-state index contributed by atoms with van der Waals surface area (Å²) in [5.41, 5.74) is 0.818. The van der Waals surface area contributed by atoms with E-state index in [1.165, 1.54) is 0 Å². The van der Waals surface area contributed by atoms with Crippen LogP contribution in [0.5, 0.6) is 0 Å². The Balaban J connectivity index is 0.000000647. The molecule has 0 aromatic carbocycles. The van der Waals surface area contributed by atoms with Crippen molar-refractivity contribution in [1.82, 2.24) is 24.6 Å². The highest BCUT2D eigenvalue weighted by molar-refractivity contribution is 7.08. The van der Waals surface area contributed by atoms with Gasteiger partial charge in [0.25, 0.3) is 12.4 Å². The van der Waals surface area contributed by atoms with Gasteiger partial charge in [-0.15, -0.1) is 10.2 Å². The molecule has 3 heterocycles. The lowest BCUT2D eigenvalue weighted by molar-refractivity contribution is -0.122. The van der Waals surface area contributed by atoms with E-state index < -0.39 is 0 Å². The van der Waals surface area contributed by atoms with Gasteiger partial charge in [-0.3, -0.25) is 14.5 Å². The van der Waals surface area contributed by atoms with Gasteiger partial charge in [-0.1, -0.05) is 0 Å². The molecule has 1 aliphatic rings. The summed E-state index contributed by atoms with van der Waals surface area (Å²) in [5.74, 6) is 0.164. The van der Waals surface area contributed by atoms with Gasteiger partial charge in [0.1, 0.15) is 12.7 Å². The van der Waals surface area contributed by atoms with Crippen LogP contribution in [0.4, 0.5) is 0 Å². The fraction of sp³-hybridized carbons (Fsp3) is 0.467. The molecule has 9 heteroatoms. The Morgan fingerprint density at radius 3 is 2.62 bits per heavy atom. The number of rotatable bonds is 4. The van der Waals surface area contributed by atoms with Gasteiger partial charge in [0, 0.05) is 38.1 Å². The van der Waals surface area contributed by atoms with Crippen LogP contribution in [0.1, 0.15) is 16.8 Å². The van der Waals surface area contributed by atoms with Crippen molar-refractivity contribution in [3.8, 4) is 0 Å². The molecule has 3 rings (SSSR count). The maximum Gasteiger partial charge on any atom is 0.290 e. The highest BCUT2D eigenvalue weighted by Gasteiger charge is 2.20. The lowest BCUT2D eigenvalue weighted by atomic mass is 10.3. The Hall–Kier alpha value is -2.26. The molecule has 0 aliphatic carbocycles. The van der Waals surface area contributed by atoms with Crippen molar-refractivity contribution in [3.05, 3.63) is 35.0 Å². The molecule has 24 heavy (non-hydrogen) atoms. The first-order valence-electron chi connectivity index (χ1n) is 7.68. The minimum atomic E-state index is -0.250. The molecule has 0 unspecified atom stereocenters. The zero-order valence-electron chi connectivity index (χ0n) is 13.3.